The van der Waals surface area contributed by atoms with Crippen LogP contribution in [-0.2, 0) is 17.6 Å². The summed E-state index contributed by atoms with van der Waals surface area (Å²) in [6.45, 7) is 4.18. The van der Waals surface area contributed by atoms with Crippen LogP contribution in [0.1, 0.15) is 30.5 Å². The van der Waals surface area contributed by atoms with Crippen molar-refractivity contribution in [2.75, 3.05) is 11.9 Å². The minimum absolute atomic E-state index is 0.0220. The first-order chi connectivity index (χ1) is 12.2. The normalized spacial score (nSPS) is 10.4. The number of nitriles is 1. The van der Waals surface area contributed by atoms with Gasteiger partial charge in [-0.2, -0.15) is 5.26 Å². The molecule has 0 aromatic heterocycles. The van der Waals surface area contributed by atoms with Gasteiger partial charge >= 0.3 is 0 Å². The molecule has 2 rings (SSSR count). The first-order valence-corrected chi connectivity index (χ1v) is 8.37. The molecule has 0 fully saturated rings. The van der Waals surface area contributed by atoms with E-state index in [9.17, 15) is 4.79 Å². The van der Waals surface area contributed by atoms with Gasteiger partial charge in [-0.1, -0.05) is 44.2 Å². The number of nitrogens with one attached hydrogen (secondary N) is 1. The van der Waals surface area contributed by atoms with Crippen LogP contribution < -0.4 is 10.1 Å². The highest BCUT2D eigenvalue weighted by atomic mass is 16.5. The van der Waals surface area contributed by atoms with Crippen LogP contribution >= 0.6 is 0 Å². The third kappa shape index (κ3) is 5.22. The number of anilines is 1. The smallest absolute Gasteiger partial charge is 0.248 e. The van der Waals surface area contributed by atoms with E-state index in [1.165, 1.54) is 6.08 Å². The SMILES string of the molecule is CCc1cccc(CC)c1NC(=O)/C=C/c1ccc(OCC#N)cc1. The molecule has 0 spiro atoms. The van der Waals surface area contributed by atoms with Crippen molar-refractivity contribution in [2.24, 2.45) is 0 Å². The Morgan fingerprint density at radius 3 is 2.32 bits per heavy atom. The fraction of sp³-hybridized carbons (Fsp3) is 0.238. The maximum absolute atomic E-state index is 12.3. The van der Waals surface area contributed by atoms with Crippen molar-refractivity contribution in [1.82, 2.24) is 0 Å². The van der Waals surface area contributed by atoms with Gasteiger partial charge in [0.15, 0.2) is 6.61 Å². The van der Waals surface area contributed by atoms with E-state index in [0.717, 1.165) is 35.2 Å². The number of hydrogen-bond acceptors (Lipinski definition) is 3. The molecular formula is C21H22N2O2. The molecule has 0 aliphatic heterocycles. The van der Waals surface area contributed by atoms with Gasteiger partial charge < -0.3 is 10.1 Å². The number of para-hydroxylation sites is 1. The Hall–Kier alpha value is -3.06. The molecule has 128 valence electrons. The molecule has 1 amide bonds. The lowest BCUT2D eigenvalue weighted by Gasteiger charge is -2.13. The van der Waals surface area contributed by atoms with Gasteiger partial charge in [0.25, 0.3) is 0 Å². The number of benzene rings is 2. The summed E-state index contributed by atoms with van der Waals surface area (Å²) in [6.07, 6.45) is 5.02. The summed E-state index contributed by atoms with van der Waals surface area (Å²) in [4.78, 5) is 12.3. The Kier molecular flexibility index (Phi) is 6.79. The highest BCUT2D eigenvalue weighted by molar-refractivity contribution is 6.02. The highest BCUT2D eigenvalue weighted by Crippen LogP contribution is 2.22. The predicted octanol–water partition coefficient (Wildman–Crippen LogP) is 4.37. The lowest BCUT2D eigenvalue weighted by molar-refractivity contribution is -0.111. The molecule has 0 atom stereocenters. The van der Waals surface area contributed by atoms with Crippen molar-refractivity contribution in [3.8, 4) is 11.8 Å². The lowest BCUT2D eigenvalue weighted by Crippen LogP contribution is -2.11. The third-order valence-corrected chi connectivity index (χ3v) is 3.86. The number of aryl methyl sites for hydroxylation is 2. The lowest BCUT2D eigenvalue weighted by atomic mass is 10.0. The first-order valence-electron chi connectivity index (χ1n) is 8.37. The number of rotatable bonds is 7. The number of hydrogen-bond donors (Lipinski definition) is 1. The topological polar surface area (TPSA) is 62.1 Å². The summed E-state index contributed by atoms with van der Waals surface area (Å²) >= 11 is 0. The number of carbonyl (C=O) groups is 1. The number of ether oxygens (including phenoxy) is 1. The molecule has 0 bridgehead atoms. The molecule has 4 nitrogen and oxygen atoms in total. The maximum Gasteiger partial charge on any atom is 0.248 e. The molecule has 0 saturated heterocycles. The van der Waals surface area contributed by atoms with Crippen LogP contribution in [0.15, 0.2) is 48.5 Å². The first kappa shape index (κ1) is 18.3. The Morgan fingerprint density at radius 1 is 1.12 bits per heavy atom. The summed E-state index contributed by atoms with van der Waals surface area (Å²) in [6, 6.07) is 15.3. The third-order valence-electron chi connectivity index (χ3n) is 3.86. The summed E-state index contributed by atoms with van der Waals surface area (Å²) in [5, 5.41) is 11.5. The molecule has 2 aromatic carbocycles. The van der Waals surface area contributed by atoms with E-state index < -0.39 is 0 Å². The molecular weight excluding hydrogens is 312 g/mol. The summed E-state index contributed by atoms with van der Waals surface area (Å²) < 4.78 is 5.20. The summed E-state index contributed by atoms with van der Waals surface area (Å²) in [5.41, 5.74) is 4.08. The molecule has 2 aromatic rings. The van der Waals surface area contributed by atoms with Gasteiger partial charge in [-0.25, -0.2) is 0 Å². The van der Waals surface area contributed by atoms with Gasteiger partial charge in [-0.3, -0.25) is 4.79 Å². The zero-order chi connectivity index (χ0) is 18.1. The molecule has 0 heterocycles. The van der Waals surface area contributed by atoms with Crippen LogP contribution in [-0.4, -0.2) is 12.5 Å². The molecule has 0 radical (unpaired) electrons. The molecule has 0 saturated carbocycles. The molecule has 0 aliphatic carbocycles. The Labute approximate surface area is 148 Å². The minimum atomic E-state index is -0.152. The van der Waals surface area contributed by atoms with Crippen LogP contribution in [0.2, 0.25) is 0 Å². The zero-order valence-corrected chi connectivity index (χ0v) is 14.6. The minimum Gasteiger partial charge on any atom is -0.479 e. The maximum atomic E-state index is 12.3. The van der Waals surface area contributed by atoms with Crippen molar-refractivity contribution in [3.05, 3.63) is 65.2 Å². The highest BCUT2D eigenvalue weighted by Gasteiger charge is 2.08. The Balaban J connectivity index is 2.05. The van der Waals surface area contributed by atoms with Gasteiger partial charge in [0, 0.05) is 11.8 Å². The number of amides is 1. The van der Waals surface area contributed by atoms with Gasteiger partial charge in [-0.05, 0) is 47.7 Å². The molecule has 1 N–H and O–H groups in total. The van der Waals surface area contributed by atoms with Crippen LogP contribution in [0, 0.1) is 11.3 Å². The van der Waals surface area contributed by atoms with Crippen molar-refractivity contribution in [3.63, 3.8) is 0 Å². The van der Waals surface area contributed by atoms with E-state index in [4.69, 9.17) is 10.00 Å². The standard InChI is InChI=1S/C21H22N2O2/c1-3-17-6-5-7-18(4-2)21(17)23-20(24)13-10-16-8-11-19(12-9-16)25-15-14-22/h5-13H,3-4,15H2,1-2H3,(H,23,24)/b13-10+. The Bertz CT molecular complexity index is 764. The van der Waals surface area contributed by atoms with E-state index in [0.29, 0.717) is 5.75 Å². The van der Waals surface area contributed by atoms with Gasteiger partial charge in [-0.15, -0.1) is 0 Å². The van der Waals surface area contributed by atoms with E-state index >= 15 is 0 Å². The van der Waals surface area contributed by atoms with Gasteiger partial charge in [0.2, 0.25) is 5.91 Å². The summed E-state index contributed by atoms with van der Waals surface area (Å²) in [7, 11) is 0. The average molecular weight is 334 g/mol. The Morgan fingerprint density at radius 2 is 1.76 bits per heavy atom. The fourth-order valence-corrected chi connectivity index (χ4v) is 2.53. The predicted molar refractivity (Wildman–Crippen MR) is 100 cm³/mol. The van der Waals surface area contributed by atoms with Crippen molar-refractivity contribution in [2.45, 2.75) is 26.7 Å². The second-order valence-electron chi connectivity index (χ2n) is 5.50. The second-order valence-corrected chi connectivity index (χ2v) is 5.50. The molecule has 0 aliphatic rings. The second kappa shape index (κ2) is 9.29. The number of nitrogens with zero attached hydrogens (tertiary/aromatic N) is 1. The quantitative estimate of drug-likeness (QED) is 0.765. The fourth-order valence-electron chi connectivity index (χ4n) is 2.53. The van der Waals surface area contributed by atoms with Crippen LogP contribution in [0.5, 0.6) is 5.75 Å². The van der Waals surface area contributed by atoms with Crippen LogP contribution in [0.25, 0.3) is 6.08 Å². The summed E-state index contributed by atoms with van der Waals surface area (Å²) in [5.74, 6) is 0.480. The van der Waals surface area contributed by atoms with Crippen molar-refractivity contribution < 1.29 is 9.53 Å². The molecule has 0 unspecified atom stereocenters. The van der Waals surface area contributed by atoms with E-state index in [1.807, 2.05) is 36.4 Å². The van der Waals surface area contributed by atoms with Crippen LogP contribution in [0.4, 0.5) is 5.69 Å². The van der Waals surface area contributed by atoms with Crippen LogP contribution in [0.3, 0.4) is 0 Å². The zero-order valence-electron chi connectivity index (χ0n) is 14.6. The van der Waals surface area contributed by atoms with E-state index in [1.54, 1.807) is 18.2 Å². The number of carbonyl (C=O) groups excluding carboxylic acids is 1. The van der Waals surface area contributed by atoms with E-state index in [-0.39, 0.29) is 12.5 Å². The van der Waals surface area contributed by atoms with E-state index in [2.05, 4.69) is 19.2 Å². The molecule has 25 heavy (non-hydrogen) atoms. The largest absolute Gasteiger partial charge is 0.479 e. The van der Waals surface area contributed by atoms with Crippen molar-refractivity contribution in [1.29, 1.82) is 5.26 Å². The molecule has 4 heteroatoms. The van der Waals surface area contributed by atoms with Crippen molar-refractivity contribution >= 4 is 17.7 Å². The monoisotopic (exact) mass is 334 g/mol. The van der Waals surface area contributed by atoms with Gasteiger partial charge in [0.1, 0.15) is 11.8 Å². The average Bonchev–Trinajstić information content (AvgIpc) is 2.65. The van der Waals surface area contributed by atoms with Gasteiger partial charge in [0.05, 0.1) is 0 Å².